The van der Waals surface area contributed by atoms with Crippen LogP contribution in [0, 0.1) is 5.82 Å². The highest BCUT2D eigenvalue weighted by molar-refractivity contribution is 7.89. The number of carbonyl (C=O) groups is 1. The minimum Gasteiger partial charge on any atom is -0.399 e. The molecule has 1 amide bonds. The summed E-state index contributed by atoms with van der Waals surface area (Å²) >= 11 is 0. The van der Waals surface area contributed by atoms with Gasteiger partial charge in [-0.25, -0.2) is 12.8 Å². The van der Waals surface area contributed by atoms with Gasteiger partial charge >= 0.3 is 0 Å². The molecular formula is C12H18FN3O3S. The Hall–Kier alpha value is -1.67. The number of nitrogen functional groups attached to an aromatic ring is 1. The summed E-state index contributed by atoms with van der Waals surface area (Å²) in [7, 11) is -4.13. The quantitative estimate of drug-likeness (QED) is 0.693. The van der Waals surface area contributed by atoms with Crippen molar-refractivity contribution >= 4 is 21.6 Å². The van der Waals surface area contributed by atoms with Crippen molar-refractivity contribution in [1.82, 2.24) is 10.0 Å². The Kier molecular flexibility index (Phi) is 5.07. The monoisotopic (exact) mass is 303 g/mol. The van der Waals surface area contributed by atoms with E-state index in [1.165, 1.54) is 13.0 Å². The standard InChI is InChI=1S/C12H18FN3O3S/c1-7(2)15-12(17)8(3)16-20(18,19)11-5-4-9(14)6-10(11)13/h4-8,16H,14H2,1-3H3,(H,15,17). The van der Waals surface area contributed by atoms with Crippen LogP contribution in [0.2, 0.25) is 0 Å². The van der Waals surface area contributed by atoms with Crippen molar-refractivity contribution in [3.63, 3.8) is 0 Å². The Bertz CT molecular complexity index is 602. The highest BCUT2D eigenvalue weighted by atomic mass is 32.2. The van der Waals surface area contributed by atoms with Crippen LogP contribution >= 0.6 is 0 Å². The third-order valence-electron chi connectivity index (χ3n) is 2.40. The second-order valence-corrected chi connectivity index (χ2v) is 6.38. The molecule has 0 aliphatic heterocycles. The van der Waals surface area contributed by atoms with Gasteiger partial charge in [0.1, 0.15) is 10.7 Å². The first-order valence-corrected chi connectivity index (χ1v) is 7.49. The lowest BCUT2D eigenvalue weighted by molar-refractivity contribution is -0.122. The molecule has 1 aromatic rings. The molecule has 1 atom stereocenters. The van der Waals surface area contributed by atoms with E-state index in [2.05, 4.69) is 10.0 Å². The maximum Gasteiger partial charge on any atom is 0.244 e. The van der Waals surface area contributed by atoms with Crippen LogP contribution in [0.25, 0.3) is 0 Å². The molecule has 0 radical (unpaired) electrons. The number of halogens is 1. The number of hydrogen-bond acceptors (Lipinski definition) is 4. The van der Waals surface area contributed by atoms with E-state index in [1.807, 2.05) is 0 Å². The molecule has 1 aromatic carbocycles. The van der Waals surface area contributed by atoms with Gasteiger partial charge in [-0.05, 0) is 39.0 Å². The Labute approximate surface area is 117 Å². The van der Waals surface area contributed by atoms with Crippen LogP contribution in [-0.2, 0) is 14.8 Å². The van der Waals surface area contributed by atoms with Crippen LogP contribution < -0.4 is 15.8 Å². The summed E-state index contributed by atoms with van der Waals surface area (Å²) in [6.07, 6.45) is 0. The number of carbonyl (C=O) groups excluding carboxylic acids is 1. The van der Waals surface area contributed by atoms with Crippen molar-refractivity contribution in [2.75, 3.05) is 5.73 Å². The Morgan fingerprint density at radius 2 is 1.90 bits per heavy atom. The predicted molar refractivity (Wildman–Crippen MR) is 73.9 cm³/mol. The van der Waals surface area contributed by atoms with Crippen LogP contribution in [0.15, 0.2) is 23.1 Å². The second-order valence-electron chi connectivity index (χ2n) is 4.70. The SMILES string of the molecule is CC(C)NC(=O)C(C)NS(=O)(=O)c1ccc(N)cc1F. The topological polar surface area (TPSA) is 101 Å². The number of nitrogens with two attached hydrogens (primary N) is 1. The lowest BCUT2D eigenvalue weighted by atomic mass is 10.3. The predicted octanol–water partition coefficient (Wildman–Crippen LogP) is 0.599. The van der Waals surface area contributed by atoms with Gasteiger partial charge in [0.15, 0.2) is 0 Å². The highest BCUT2D eigenvalue weighted by Gasteiger charge is 2.24. The fraction of sp³-hybridized carbons (Fsp3) is 0.417. The molecule has 4 N–H and O–H groups in total. The number of nitrogens with one attached hydrogen (secondary N) is 2. The van der Waals surface area contributed by atoms with Crippen molar-refractivity contribution in [2.24, 2.45) is 0 Å². The molecule has 8 heteroatoms. The number of sulfonamides is 1. The maximum atomic E-state index is 13.6. The van der Waals surface area contributed by atoms with Crippen molar-refractivity contribution < 1.29 is 17.6 Å². The van der Waals surface area contributed by atoms with Gasteiger partial charge < -0.3 is 11.1 Å². The summed E-state index contributed by atoms with van der Waals surface area (Å²) in [4.78, 5) is 11.1. The van der Waals surface area contributed by atoms with Crippen LogP contribution in [-0.4, -0.2) is 26.4 Å². The van der Waals surface area contributed by atoms with E-state index in [9.17, 15) is 17.6 Å². The molecule has 0 saturated heterocycles. The molecule has 0 spiro atoms. The molecular weight excluding hydrogens is 285 g/mol. The van der Waals surface area contributed by atoms with Gasteiger partial charge in [-0.15, -0.1) is 0 Å². The van der Waals surface area contributed by atoms with Gasteiger partial charge in [-0.1, -0.05) is 0 Å². The van der Waals surface area contributed by atoms with Crippen LogP contribution in [0.3, 0.4) is 0 Å². The molecule has 0 aromatic heterocycles. The fourth-order valence-corrected chi connectivity index (χ4v) is 2.76. The summed E-state index contributed by atoms with van der Waals surface area (Å²) in [6, 6.07) is 2.10. The fourth-order valence-electron chi connectivity index (χ4n) is 1.49. The van der Waals surface area contributed by atoms with Gasteiger partial charge in [0.05, 0.1) is 6.04 Å². The van der Waals surface area contributed by atoms with Crippen molar-refractivity contribution in [1.29, 1.82) is 0 Å². The summed E-state index contributed by atoms with van der Waals surface area (Å²) in [5.41, 5.74) is 5.47. The Balaban J connectivity index is 2.92. The third kappa shape index (κ3) is 4.17. The lowest BCUT2D eigenvalue weighted by Gasteiger charge is -2.16. The lowest BCUT2D eigenvalue weighted by Crippen LogP contribution is -2.46. The van der Waals surface area contributed by atoms with Crippen molar-refractivity contribution in [3.05, 3.63) is 24.0 Å². The molecule has 0 fully saturated rings. The number of hydrogen-bond donors (Lipinski definition) is 3. The van der Waals surface area contributed by atoms with E-state index in [0.29, 0.717) is 0 Å². The zero-order valence-electron chi connectivity index (χ0n) is 11.5. The first-order chi connectivity index (χ1) is 9.13. The van der Waals surface area contributed by atoms with Crippen LogP contribution in [0.4, 0.5) is 10.1 Å². The second kappa shape index (κ2) is 6.19. The van der Waals surface area contributed by atoms with Crippen molar-refractivity contribution in [3.8, 4) is 0 Å². The van der Waals surface area contributed by atoms with E-state index in [-0.39, 0.29) is 11.7 Å². The van der Waals surface area contributed by atoms with Gasteiger partial charge in [0.2, 0.25) is 15.9 Å². The molecule has 1 unspecified atom stereocenters. The zero-order valence-corrected chi connectivity index (χ0v) is 12.3. The maximum absolute atomic E-state index is 13.6. The Morgan fingerprint density at radius 3 is 2.40 bits per heavy atom. The first-order valence-electron chi connectivity index (χ1n) is 6.01. The summed E-state index contributed by atoms with van der Waals surface area (Å²) in [5.74, 6) is -1.45. The van der Waals surface area contributed by atoms with Gasteiger partial charge in [0, 0.05) is 11.7 Å². The summed E-state index contributed by atoms with van der Waals surface area (Å²) in [5, 5.41) is 2.56. The van der Waals surface area contributed by atoms with E-state index in [4.69, 9.17) is 5.73 Å². The van der Waals surface area contributed by atoms with E-state index in [1.54, 1.807) is 13.8 Å². The summed E-state index contributed by atoms with van der Waals surface area (Å²) in [6.45, 7) is 4.88. The molecule has 0 aliphatic rings. The van der Waals surface area contributed by atoms with Gasteiger partial charge in [0.25, 0.3) is 0 Å². The Morgan fingerprint density at radius 1 is 1.30 bits per heavy atom. The summed E-state index contributed by atoms with van der Waals surface area (Å²) < 4.78 is 39.7. The molecule has 112 valence electrons. The number of anilines is 1. The van der Waals surface area contributed by atoms with Crippen LogP contribution in [0.1, 0.15) is 20.8 Å². The molecule has 0 aliphatic carbocycles. The van der Waals surface area contributed by atoms with E-state index < -0.39 is 32.7 Å². The van der Waals surface area contributed by atoms with E-state index >= 15 is 0 Å². The largest absolute Gasteiger partial charge is 0.399 e. The molecule has 0 saturated carbocycles. The average Bonchev–Trinajstić information content (AvgIpc) is 2.26. The molecule has 0 heterocycles. The van der Waals surface area contributed by atoms with Crippen LogP contribution in [0.5, 0.6) is 0 Å². The smallest absolute Gasteiger partial charge is 0.244 e. The van der Waals surface area contributed by atoms with Gasteiger partial charge in [-0.2, -0.15) is 4.72 Å². The number of benzene rings is 1. The molecule has 6 nitrogen and oxygen atoms in total. The molecule has 20 heavy (non-hydrogen) atoms. The molecule has 1 rings (SSSR count). The number of amides is 1. The minimum absolute atomic E-state index is 0.118. The first kappa shape index (κ1) is 16.4. The third-order valence-corrected chi connectivity index (χ3v) is 3.98. The normalized spacial score (nSPS) is 13.2. The zero-order chi connectivity index (χ0) is 15.5. The average molecular weight is 303 g/mol. The highest BCUT2D eigenvalue weighted by Crippen LogP contribution is 2.17. The van der Waals surface area contributed by atoms with Crippen molar-refractivity contribution in [2.45, 2.75) is 37.8 Å². The molecule has 0 bridgehead atoms. The minimum atomic E-state index is -4.13. The number of rotatable bonds is 5. The van der Waals surface area contributed by atoms with E-state index in [0.717, 1.165) is 12.1 Å². The van der Waals surface area contributed by atoms with Gasteiger partial charge in [-0.3, -0.25) is 4.79 Å².